The zero-order valence-corrected chi connectivity index (χ0v) is 6.74. The Morgan fingerprint density at radius 1 is 1.50 bits per heavy atom. The number of hydrogen-bond donors (Lipinski definition) is 1. The van der Waals surface area contributed by atoms with Crippen LogP contribution in [0.2, 0.25) is 0 Å². The molecule has 0 fully saturated rings. The van der Waals surface area contributed by atoms with Gasteiger partial charge in [-0.1, -0.05) is 0 Å². The molecule has 0 aliphatic rings. The molecule has 0 aliphatic carbocycles. The lowest BCUT2D eigenvalue weighted by atomic mass is 10.3. The summed E-state index contributed by atoms with van der Waals surface area (Å²) in [6.07, 6.45) is 3.41. The fourth-order valence-corrected chi connectivity index (χ4v) is 1.06. The molecule has 4 heteroatoms. The Morgan fingerprint density at radius 2 is 2.42 bits per heavy atom. The van der Waals surface area contributed by atoms with Gasteiger partial charge in [0.2, 0.25) is 0 Å². The van der Waals surface area contributed by atoms with Gasteiger partial charge in [0.1, 0.15) is 5.75 Å². The van der Waals surface area contributed by atoms with Crippen LogP contribution in [0.25, 0.3) is 11.0 Å². The first-order valence-electron chi connectivity index (χ1n) is 3.82. The van der Waals surface area contributed by atoms with Gasteiger partial charge in [-0.15, -0.1) is 0 Å². The Morgan fingerprint density at radius 3 is 3.25 bits per heavy atom. The molecule has 1 N–H and O–H groups in total. The van der Waals surface area contributed by atoms with Crippen LogP contribution >= 0.6 is 0 Å². The third-order valence-electron chi connectivity index (χ3n) is 1.58. The van der Waals surface area contributed by atoms with Gasteiger partial charge in [0, 0.05) is 5.39 Å². The van der Waals surface area contributed by atoms with Crippen LogP contribution < -0.4 is 4.74 Å². The molecule has 2 aromatic rings. The van der Waals surface area contributed by atoms with E-state index in [1.807, 2.05) is 13.0 Å². The molecule has 2 heterocycles. The number of H-pyrrole nitrogens is 1. The van der Waals surface area contributed by atoms with Crippen molar-refractivity contribution in [3.63, 3.8) is 0 Å². The lowest BCUT2D eigenvalue weighted by Gasteiger charge is -2.00. The number of ether oxygens (including phenoxy) is 1. The first kappa shape index (κ1) is 7.09. The number of hydrogen-bond acceptors (Lipinski definition) is 3. The largest absolute Gasteiger partial charge is 0.492 e. The Bertz CT molecular complexity index is 382. The van der Waals surface area contributed by atoms with E-state index in [-0.39, 0.29) is 0 Å². The third-order valence-corrected chi connectivity index (χ3v) is 1.58. The topological polar surface area (TPSA) is 50.8 Å². The van der Waals surface area contributed by atoms with Gasteiger partial charge in [-0.25, -0.2) is 4.98 Å². The minimum Gasteiger partial charge on any atom is -0.492 e. The van der Waals surface area contributed by atoms with E-state index in [9.17, 15) is 0 Å². The standard InChI is InChI=1S/C8H9N3O/c1-2-12-7-3-6-4-10-11-8(6)9-5-7/h3-5H,2H2,1H3,(H,9,10,11). The van der Waals surface area contributed by atoms with Gasteiger partial charge in [0.25, 0.3) is 0 Å². The highest BCUT2D eigenvalue weighted by molar-refractivity contribution is 5.74. The number of aromatic nitrogens is 3. The van der Waals surface area contributed by atoms with Gasteiger partial charge in [0.15, 0.2) is 5.65 Å². The van der Waals surface area contributed by atoms with Crippen molar-refractivity contribution >= 4 is 11.0 Å². The Labute approximate surface area is 69.6 Å². The lowest BCUT2D eigenvalue weighted by molar-refractivity contribution is 0.339. The molecular formula is C8H9N3O. The van der Waals surface area contributed by atoms with Crippen LogP contribution in [0.1, 0.15) is 6.92 Å². The number of pyridine rings is 1. The zero-order chi connectivity index (χ0) is 8.39. The molecule has 0 aliphatic heterocycles. The van der Waals surface area contributed by atoms with Crippen molar-refractivity contribution in [2.75, 3.05) is 6.61 Å². The second kappa shape index (κ2) is 2.81. The highest BCUT2D eigenvalue weighted by Crippen LogP contribution is 2.15. The molecule has 4 nitrogen and oxygen atoms in total. The van der Waals surface area contributed by atoms with Crippen molar-refractivity contribution in [1.82, 2.24) is 15.2 Å². The smallest absolute Gasteiger partial charge is 0.155 e. The van der Waals surface area contributed by atoms with E-state index >= 15 is 0 Å². The molecule has 2 rings (SSSR count). The molecule has 0 saturated carbocycles. The predicted octanol–water partition coefficient (Wildman–Crippen LogP) is 1.36. The van der Waals surface area contributed by atoms with Crippen molar-refractivity contribution in [3.8, 4) is 5.75 Å². The summed E-state index contributed by atoms with van der Waals surface area (Å²) in [5.74, 6) is 0.784. The normalized spacial score (nSPS) is 10.4. The van der Waals surface area contributed by atoms with Gasteiger partial charge < -0.3 is 4.74 Å². The van der Waals surface area contributed by atoms with Crippen LogP contribution in [-0.4, -0.2) is 21.8 Å². The molecule has 0 saturated heterocycles. The van der Waals surface area contributed by atoms with Gasteiger partial charge in [-0.3, -0.25) is 5.10 Å². The molecule has 62 valence electrons. The summed E-state index contributed by atoms with van der Waals surface area (Å²) < 4.78 is 5.28. The Balaban J connectivity index is 2.46. The van der Waals surface area contributed by atoms with Crippen molar-refractivity contribution < 1.29 is 4.74 Å². The maximum absolute atomic E-state index is 5.28. The number of nitrogens with one attached hydrogen (secondary N) is 1. The summed E-state index contributed by atoms with van der Waals surface area (Å²) in [7, 11) is 0. The minimum atomic E-state index is 0.658. The first-order chi connectivity index (χ1) is 5.90. The van der Waals surface area contributed by atoms with Gasteiger partial charge in [-0.05, 0) is 13.0 Å². The van der Waals surface area contributed by atoms with Crippen molar-refractivity contribution in [2.24, 2.45) is 0 Å². The van der Waals surface area contributed by atoms with E-state index in [0.717, 1.165) is 16.8 Å². The average molecular weight is 163 g/mol. The highest BCUT2D eigenvalue weighted by atomic mass is 16.5. The molecule has 0 aromatic carbocycles. The summed E-state index contributed by atoms with van der Waals surface area (Å²) in [5, 5.41) is 7.60. The number of rotatable bonds is 2. The molecule has 0 bridgehead atoms. The SMILES string of the molecule is CCOc1cnc2[nH]ncc2c1. The fourth-order valence-electron chi connectivity index (χ4n) is 1.06. The van der Waals surface area contributed by atoms with Gasteiger partial charge in [-0.2, -0.15) is 5.10 Å². The predicted molar refractivity (Wildman–Crippen MR) is 45.1 cm³/mol. The summed E-state index contributed by atoms with van der Waals surface area (Å²) in [6, 6.07) is 1.91. The quantitative estimate of drug-likeness (QED) is 0.727. The van der Waals surface area contributed by atoms with Crippen molar-refractivity contribution in [1.29, 1.82) is 0 Å². The molecule has 0 amide bonds. The lowest BCUT2D eigenvalue weighted by Crippen LogP contribution is -1.91. The van der Waals surface area contributed by atoms with Crippen LogP contribution in [-0.2, 0) is 0 Å². The Kier molecular flexibility index (Phi) is 1.66. The maximum Gasteiger partial charge on any atom is 0.155 e. The van der Waals surface area contributed by atoms with Gasteiger partial charge in [0.05, 0.1) is 19.0 Å². The van der Waals surface area contributed by atoms with Gasteiger partial charge >= 0.3 is 0 Å². The van der Waals surface area contributed by atoms with E-state index in [2.05, 4.69) is 15.2 Å². The van der Waals surface area contributed by atoms with E-state index < -0.39 is 0 Å². The second-order valence-corrected chi connectivity index (χ2v) is 2.41. The van der Waals surface area contributed by atoms with Crippen LogP contribution in [0.15, 0.2) is 18.5 Å². The fraction of sp³-hybridized carbons (Fsp3) is 0.250. The molecule has 0 unspecified atom stereocenters. The maximum atomic E-state index is 5.28. The van der Waals surface area contributed by atoms with Crippen molar-refractivity contribution in [2.45, 2.75) is 6.92 Å². The summed E-state index contributed by atoms with van der Waals surface area (Å²) >= 11 is 0. The van der Waals surface area contributed by atoms with Crippen LogP contribution in [0.3, 0.4) is 0 Å². The number of aromatic amines is 1. The third kappa shape index (κ3) is 1.11. The molecule has 0 spiro atoms. The summed E-state index contributed by atoms with van der Waals surface area (Å²) in [4.78, 5) is 4.12. The molecule has 0 atom stereocenters. The average Bonchev–Trinajstić information content (AvgIpc) is 2.51. The van der Waals surface area contributed by atoms with Crippen LogP contribution in [0.5, 0.6) is 5.75 Å². The van der Waals surface area contributed by atoms with Crippen LogP contribution in [0.4, 0.5) is 0 Å². The molecular weight excluding hydrogens is 154 g/mol. The number of nitrogens with zero attached hydrogens (tertiary/aromatic N) is 2. The highest BCUT2D eigenvalue weighted by Gasteiger charge is 1.98. The monoisotopic (exact) mass is 163 g/mol. The van der Waals surface area contributed by atoms with E-state index in [1.54, 1.807) is 12.4 Å². The van der Waals surface area contributed by atoms with Crippen molar-refractivity contribution in [3.05, 3.63) is 18.5 Å². The Hall–Kier alpha value is -1.58. The molecule has 2 aromatic heterocycles. The van der Waals surface area contributed by atoms with E-state index in [4.69, 9.17) is 4.74 Å². The zero-order valence-electron chi connectivity index (χ0n) is 6.74. The van der Waals surface area contributed by atoms with Crippen LogP contribution in [0, 0.1) is 0 Å². The second-order valence-electron chi connectivity index (χ2n) is 2.41. The van der Waals surface area contributed by atoms with E-state index in [0.29, 0.717) is 6.61 Å². The van der Waals surface area contributed by atoms with E-state index in [1.165, 1.54) is 0 Å². The first-order valence-corrected chi connectivity index (χ1v) is 3.82. The number of fused-ring (bicyclic) bond motifs is 1. The molecule has 12 heavy (non-hydrogen) atoms. The molecule has 0 radical (unpaired) electrons. The summed E-state index contributed by atoms with van der Waals surface area (Å²) in [5.41, 5.74) is 0.790. The summed E-state index contributed by atoms with van der Waals surface area (Å²) in [6.45, 7) is 2.60. The minimum absolute atomic E-state index is 0.658.